The molecule has 0 spiro atoms. The molecule has 0 radical (unpaired) electrons. The second-order valence-electron chi connectivity index (χ2n) is 4.58. The van der Waals surface area contributed by atoms with Crippen LogP contribution in [0.2, 0.25) is 10.0 Å². The second kappa shape index (κ2) is 5.87. The quantitative estimate of drug-likeness (QED) is 0.773. The molecule has 1 unspecified atom stereocenters. The van der Waals surface area contributed by atoms with Gasteiger partial charge in [0.2, 0.25) is 5.91 Å². The van der Waals surface area contributed by atoms with Crippen LogP contribution in [0.15, 0.2) is 42.5 Å². The first-order valence-electron chi connectivity index (χ1n) is 6.20. The maximum absolute atomic E-state index is 14.0. The van der Waals surface area contributed by atoms with Crippen molar-refractivity contribution in [1.29, 1.82) is 0 Å². The van der Waals surface area contributed by atoms with E-state index >= 15 is 0 Å². The molecule has 21 heavy (non-hydrogen) atoms. The Labute approximate surface area is 135 Å². The van der Waals surface area contributed by atoms with Gasteiger partial charge in [-0.1, -0.05) is 41.4 Å². The molecule has 6 heteroatoms. The summed E-state index contributed by atoms with van der Waals surface area (Å²) in [6.07, 6.45) is 0. The average Bonchev–Trinajstić information content (AvgIpc) is 2.80. The van der Waals surface area contributed by atoms with Crippen LogP contribution in [0.5, 0.6) is 0 Å². The monoisotopic (exact) mass is 341 g/mol. The summed E-state index contributed by atoms with van der Waals surface area (Å²) in [5, 5.41) is 0.470. The van der Waals surface area contributed by atoms with E-state index in [1.54, 1.807) is 41.3 Å². The van der Waals surface area contributed by atoms with E-state index < -0.39 is 5.37 Å². The lowest BCUT2D eigenvalue weighted by molar-refractivity contribution is -0.115. The van der Waals surface area contributed by atoms with Crippen LogP contribution in [0, 0.1) is 5.82 Å². The molecule has 0 saturated carbocycles. The molecule has 1 atom stereocenters. The van der Waals surface area contributed by atoms with Gasteiger partial charge in [0, 0.05) is 21.3 Å². The minimum Gasteiger partial charge on any atom is -0.295 e. The minimum absolute atomic E-state index is 0.0911. The lowest BCUT2D eigenvalue weighted by Gasteiger charge is -2.25. The highest BCUT2D eigenvalue weighted by Gasteiger charge is 2.35. The lowest BCUT2D eigenvalue weighted by Crippen LogP contribution is -2.28. The fraction of sp³-hybridized carbons (Fsp3) is 0.133. The summed E-state index contributed by atoms with van der Waals surface area (Å²) < 4.78 is 14.0. The Kier molecular flexibility index (Phi) is 4.11. The first-order chi connectivity index (χ1) is 10.1. The van der Waals surface area contributed by atoms with Crippen molar-refractivity contribution in [2.24, 2.45) is 0 Å². The second-order valence-corrected chi connectivity index (χ2v) is 6.52. The van der Waals surface area contributed by atoms with E-state index in [9.17, 15) is 9.18 Å². The molecule has 3 rings (SSSR count). The van der Waals surface area contributed by atoms with Crippen molar-refractivity contribution in [3.63, 3.8) is 0 Å². The van der Waals surface area contributed by atoms with Crippen LogP contribution < -0.4 is 4.90 Å². The zero-order valence-corrected chi connectivity index (χ0v) is 13.1. The number of halogens is 3. The van der Waals surface area contributed by atoms with Crippen molar-refractivity contribution in [3.8, 4) is 0 Å². The molecule has 1 amide bonds. The number of benzene rings is 2. The zero-order valence-electron chi connectivity index (χ0n) is 10.7. The number of hydrogen-bond acceptors (Lipinski definition) is 2. The summed E-state index contributed by atoms with van der Waals surface area (Å²) in [7, 11) is 0. The van der Waals surface area contributed by atoms with Crippen molar-refractivity contribution < 1.29 is 9.18 Å². The largest absolute Gasteiger partial charge is 0.295 e. The third-order valence-electron chi connectivity index (χ3n) is 3.16. The van der Waals surface area contributed by atoms with Gasteiger partial charge in [0.15, 0.2) is 0 Å². The maximum atomic E-state index is 14.0. The number of amides is 1. The number of anilines is 1. The van der Waals surface area contributed by atoms with Crippen LogP contribution >= 0.6 is 35.0 Å². The van der Waals surface area contributed by atoms with Gasteiger partial charge in [-0.05, 0) is 24.3 Å². The van der Waals surface area contributed by atoms with E-state index in [0.29, 0.717) is 27.0 Å². The smallest absolute Gasteiger partial charge is 0.238 e. The van der Waals surface area contributed by atoms with E-state index in [1.807, 2.05) is 0 Å². The number of thioether (sulfide) groups is 1. The topological polar surface area (TPSA) is 20.3 Å². The summed E-state index contributed by atoms with van der Waals surface area (Å²) in [5.41, 5.74) is 1.06. The van der Waals surface area contributed by atoms with Crippen molar-refractivity contribution in [2.45, 2.75) is 5.37 Å². The van der Waals surface area contributed by atoms with Crippen LogP contribution in [0.3, 0.4) is 0 Å². The van der Waals surface area contributed by atoms with Gasteiger partial charge in [0.25, 0.3) is 0 Å². The molecular weight excluding hydrogens is 332 g/mol. The molecule has 1 heterocycles. The molecule has 2 nitrogen and oxygen atoms in total. The Bertz CT molecular complexity index is 690. The summed E-state index contributed by atoms with van der Waals surface area (Å²) in [4.78, 5) is 13.7. The first kappa shape index (κ1) is 14.7. The van der Waals surface area contributed by atoms with E-state index in [0.717, 1.165) is 0 Å². The first-order valence-corrected chi connectivity index (χ1v) is 8.01. The molecule has 1 saturated heterocycles. The van der Waals surface area contributed by atoms with Gasteiger partial charge in [-0.15, -0.1) is 11.8 Å². The molecule has 0 N–H and O–H groups in total. The Hall–Kier alpha value is -1.23. The van der Waals surface area contributed by atoms with Gasteiger partial charge in [-0.25, -0.2) is 4.39 Å². The van der Waals surface area contributed by atoms with E-state index in [4.69, 9.17) is 23.2 Å². The molecular formula is C15H10Cl2FNOS. The van der Waals surface area contributed by atoms with E-state index in [2.05, 4.69) is 0 Å². The van der Waals surface area contributed by atoms with Crippen molar-refractivity contribution in [3.05, 3.63) is 63.9 Å². The third-order valence-corrected chi connectivity index (χ3v) is 4.80. The predicted octanol–water partition coefficient (Wildman–Crippen LogP) is 4.91. The minimum atomic E-state index is -0.409. The average molecular weight is 342 g/mol. The zero-order chi connectivity index (χ0) is 15.0. The Balaban J connectivity index is 2.06. The normalized spacial score (nSPS) is 18.3. The molecule has 1 aliphatic rings. The highest BCUT2D eigenvalue weighted by molar-refractivity contribution is 8.00. The molecule has 0 aliphatic carbocycles. The molecule has 108 valence electrons. The van der Waals surface area contributed by atoms with Gasteiger partial charge in [0.05, 0.1) is 5.75 Å². The predicted molar refractivity (Wildman–Crippen MR) is 85.5 cm³/mol. The highest BCUT2D eigenvalue weighted by Crippen LogP contribution is 2.43. The van der Waals surface area contributed by atoms with Crippen LogP contribution in [0.4, 0.5) is 10.1 Å². The van der Waals surface area contributed by atoms with Gasteiger partial charge >= 0.3 is 0 Å². The van der Waals surface area contributed by atoms with Crippen LogP contribution in [0.25, 0.3) is 0 Å². The van der Waals surface area contributed by atoms with Gasteiger partial charge in [-0.2, -0.15) is 0 Å². The number of hydrogen-bond donors (Lipinski definition) is 0. The SMILES string of the molecule is O=C1CSC(c2ccccc2F)N1c1cc(Cl)cc(Cl)c1. The Morgan fingerprint density at radius 2 is 1.81 bits per heavy atom. The van der Waals surface area contributed by atoms with Crippen LogP contribution in [0.1, 0.15) is 10.9 Å². The fourth-order valence-corrected chi connectivity index (χ4v) is 4.00. The van der Waals surface area contributed by atoms with Gasteiger partial charge in [0.1, 0.15) is 11.2 Å². The molecule has 2 aromatic carbocycles. The highest BCUT2D eigenvalue weighted by atomic mass is 35.5. The number of rotatable bonds is 2. The summed E-state index contributed by atoms with van der Waals surface area (Å²) in [5.74, 6) is -0.127. The Morgan fingerprint density at radius 3 is 2.48 bits per heavy atom. The van der Waals surface area contributed by atoms with E-state index in [-0.39, 0.29) is 11.7 Å². The fourth-order valence-electron chi connectivity index (χ4n) is 2.29. The third kappa shape index (κ3) is 2.89. The molecule has 1 fully saturated rings. The molecule has 0 bridgehead atoms. The standard InChI is InChI=1S/C15H10Cl2FNOS/c16-9-5-10(17)7-11(6-9)19-14(20)8-21-15(19)12-3-1-2-4-13(12)18/h1-7,15H,8H2. The number of carbonyl (C=O) groups excluding carboxylic acids is 1. The van der Waals surface area contributed by atoms with Crippen molar-refractivity contribution in [2.75, 3.05) is 10.7 Å². The van der Waals surface area contributed by atoms with Crippen molar-refractivity contribution >= 4 is 46.6 Å². The summed E-state index contributed by atoms with van der Waals surface area (Å²) >= 11 is 13.4. The number of nitrogens with zero attached hydrogens (tertiary/aromatic N) is 1. The number of carbonyl (C=O) groups is 1. The Morgan fingerprint density at radius 1 is 1.14 bits per heavy atom. The van der Waals surface area contributed by atoms with E-state index in [1.165, 1.54) is 17.8 Å². The lowest BCUT2D eigenvalue weighted by atomic mass is 10.1. The van der Waals surface area contributed by atoms with Gasteiger partial charge in [-0.3, -0.25) is 9.69 Å². The van der Waals surface area contributed by atoms with Crippen LogP contribution in [-0.4, -0.2) is 11.7 Å². The molecule has 1 aliphatic heterocycles. The maximum Gasteiger partial charge on any atom is 0.238 e. The molecule has 0 aromatic heterocycles. The van der Waals surface area contributed by atoms with Crippen LogP contribution in [-0.2, 0) is 4.79 Å². The van der Waals surface area contributed by atoms with Crippen molar-refractivity contribution in [1.82, 2.24) is 0 Å². The summed E-state index contributed by atoms with van der Waals surface area (Å²) in [6, 6.07) is 11.4. The molecule has 2 aromatic rings. The van der Waals surface area contributed by atoms with Gasteiger partial charge < -0.3 is 0 Å². The summed E-state index contributed by atoms with van der Waals surface area (Å²) in [6.45, 7) is 0.